The molecule has 0 aliphatic rings. The molecule has 114 valence electrons. The van der Waals surface area contributed by atoms with E-state index in [0.717, 1.165) is 0 Å². The SMILES string of the molecule is CCN(C(=O)C=Cc1cc(Cl)ccc1Cl)C(C)(C)C(=O)O. The fraction of sp³-hybridized carbons (Fsp3) is 0.333. The number of carboxylic acid groups (broad SMARTS) is 1. The lowest BCUT2D eigenvalue weighted by Crippen LogP contribution is -2.52. The van der Waals surface area contributed by atoms with Crippen LogP contribution in [0.25, 0.3) is 6.08 Å². The minimum atomic E-state index is -1.28. The van der Waals surface area contributed by atoms with Gasteiger partial charge in [-0.05, 0) is 50.6 Å². The molecule has 0 unspecified atom stereocenters. The van der Waals surface area contributed by atoms with Gasteiger partial charge in [-0.3, -0.25) is 4.79 Å². The van der Waals surface area contributed by atoms with Gasteiger partial charge in [-0.2, -0.15) is 0 Å². The number of carbonyl (C=O) groups is 2. The molecule has 1 aromatic carbocycles. The molecular formula is C15H17Cl2NO3. The first-order valence-electron chi connectivity index (χ1n) is 6.38. The van der Waals surface area contributed by atoms with Gasteiger partial charge in [-0.25, -0.2) is 4.79 Å². The number of hydrogen-bond donors (Lipinski definition) is 1. The van der Waals surface area contributed by atoms with E-state index in [1.807, 2.05) is 0 Å². The second-order valence-electron chi connectivity index (χ2n) is 4.95. The molecule has 0 saturated carbocycles. The van der Waals surface area contributed by atoms with E-state index in [0.29, 0.717) is 15.6 Å². The van der Waals surface area contributed by atoms with Gasteiger partial charge in [0.05, 0.1) is 0 Å². The molecule has 4 nitrogen and oxygen atoms in total. The Morgan fingerprint density at radius 1 is 1.33 bits per heavy atom. The van der Waals surface area contributed by atoms with E-state index in [2.05, 4.69) is 0 Å². The number of aliphatic carboxylic acids is 1. The van der Waals surface area contributed by atoms with Crippen molar-refractivity contribution in [3.8, 4) is 0 Å². The molecule has 21 heavy (non-hydrogen) atoms. The van der Waals surface area contributed by atoms with Gasteiger partial charge in [-0.1, -0.05) is 23.2 Å². The first kappa shape index (κ1) is 17.5. The number of carbonyl (C=O) groups excluding carboxylic acids is 1. The quantitative estimate of drug-likeness (QED) is 0.837. The molecule has 1 aromatic rings. The van der Waals surface area contributed by atoms with Crippen molar-refractivity contribution in [2.45, 2.75) is 26.3 Å². The molecule has 1 rings (SSSR count). The third-order valence-electron chi connectivity index (χ3n) is 3.14. The van der Waals surface area contributed by atoms with Crippen LogP contribution in [0, 0.1) is 0 Å². The summed E-state index contributed by atoms with van der Waals surface area (Å²) in [6, 6.07) is 4.91. The van der Waals surface area contributed by atoms with E-state index >= 15 is 0 Å². The number of nitrogens with zero attached hydrogens (tertiary/aromatic N) is 1. The predicted octanol–water partition coefficient (Wildman–Crippen LogP) is 3.72. The van der Waals surface area contributed by atoms with Gasteiger partial charge in [0, 0.05) is 22.7 Å². The third kappa shape index (κ3) is 4.22. The van der Waals surface area contributed by atoms with Crippen molar-refractivity contribution in [1.29, 1.82) is 0 Å². The van der Waals surface area contributed by atoms with E-state index in [4.69, 9.17) is 23.2 Å². The molecule has 0 aliphatic heterocycles. The lowest BCUT2D eigenvalue weighted by molar-refractivity contribution is -0.154. The normalized spacial score (nSPS) is 11.7. The summed E-state index contributed by atoms with van der Waals surface area (Å²) in [5.41, 5.74) is -0.685. The van der Waals surface area contributed by atoms with E-state index in [1.165, 1.54) is 30.9 Å². The number of benzene rings is 1. The van der Waals surface area contributed by atoms with Gasteiger partial charge in [0.2, 0.25) is 5.91 Å². The molecular weight excluding hydrogens is 313 g/mol. The highest BCUT2D eigenvalue weighted by Gasteiger charge is 2.35. The van der Waals surface area contributed by atoms with Crippen LogP contribution in [0.3, 0.4) is 0 Å². The summed E-state index contributed by atoms with van der Waals surface area (Å²) in [5.74, 6) is -1.46. The van der Waals surface area contributed by atoms with Crippen LogP contribution in [-0.2, 0) is 9.59 Å². The second kappa shape index (κ2) is 6.96. The third-order valence-corrected chi connectivity index (χ3v) is 3.72. The van der Waals surface area contributed by atoms with Crippen molar-refractivity contribution in [2.75, 3.05) is 6.54 Å². The Hall–Kier alpha value is -1.52. The smallest absolute Gasteiger partial charge is 0.329 e. The summed E-state index contributed by atoms with van der Waals surface area (Å²) in [7, 11) is 0. The molecule has 1 amide bonds. The van der Waals surface area contributed by atoms with Crippen LogP contribution in [0.2, 0.25) is 10.0 Å². The standard InChI is InChI=1S/C15H17Cl2NO3/c1-4-18(15(2,3)14(20)21)13(19)8-5-10-9-11(16)6-7-12(10)17/h5-9H,4H2,1-3H3,(H,20,21). The van der Waals surface area contributed by atoms with Gasteiger partial charge < -0.3 is 10.0 Å². The topological polar surface area (TPSA) is 57.6 Å². The van der Waals surface area contributed by atoms with Crippen LogP contribution >= 0.6 is 23.2 Å². The number of amides is 1. The number of rotatable bonds is 5. The summed E-state index contributed by atoms with van der Waals surface area (Å²) in [6.45, 7) is 4.97. The maximum absolute atomic E-state index is 12.2. The summed E-state index contributed by atoms with van der Waals surface area (Å²) in [5, 5.41) is 10.2. The van der Waals surface area contributed by atoms with Gasteiger partial charge in [0.15, 0.2) is 0 Å². The van der Waals surface area contributed by atoms with Crippen molar-refractivity contribution in [1.82, 2.24) is 4.90 Å². The Kier molecular flexibility index (Phi) is 5.81. The second-order valence-corrected chi connectivity index (χ2v) is 5.79. The highest BCUT2D eigenvalue weighted by molar-refractivity contribution is 6.34. The van der Waals surface area contributed by atoms with Crippen LogP contribution in [0.4, 0.5) is 0 Å². The lowest BCUT2D eigenvalue weighted by Gasteiger charge is -2.33. The van der Waals surface area contributed by atoms with E-state index in [9.17, 15) is 14.7 Å². The van der Waals surface area contributed by atoms with Crippen molar-refractivity contribution in [2.24, 2.45) is 0 Å². The average Bonchev–Trinajstić information content (AvgIpc) is 2.40. The average molecular weight is 330 g/mol. The molecule has 0 radical (unpaired) electrons. The molecule has 0 atom stereocenters. The number of hydrogen-bond acceptors (Lipinski definition) is 2. The molecule has 0 fully saturated rings. The molecule has 0 heterocycles. The zero-order valence-corrected chi connectivity index (χ0v) is 13.6. The summed E-state index contributed by atoms with van der Waals surface area (Å²) < 4.78 is 0. The zero-order chi connectivity index (χ0) is 16.2. The van der Waals surface area contributed by atoms with Crippen molar-refractivity contribution in [3.63, 3.8) is 0 Å². The molecule has 6 heteroatoms. The Morgan fingerprint density at radius 3 is 2.48 bits per heavy atom. The number of halogens is 2. The van der Waals surface area contributed by atoms with Gasteiger partial charge in [-0.15, -0.1) is 0 Å². The maximum Gasteiger partial charge on any atom is 0.329 e. The minimum absolute atomic E-state index is 0.283. The van der Waals surface area contributed by atoms with Crippen molar-refractivity contribution >= 4 is 41.2 Å². The fourth-order valence-corrected chi connectivity index (χ4v) is 2.20. The first-order chi connectivity index (χ1) is 9.70. The Balaban J connectivity index is 3.00. The molecule has 0 bridgehead atoms. The molecule has 0 aliphatic carbocycles. The largest absolute Gasteiger partial charge is 0.480 e. The molecule has 0 spiro atoms. The summed E-state index contributed by atoms with van der Waals surface area (Å²) in [4.78, 5) is 24.7. The van der Waals surface area contributed by atoms with Gasteiger partial charge in [0.25, 0.3) is 0 Å². The van der Waals surface area contributed by atoms with Gasteiger partial charge in [0.1, 0.15) is 5.54 Å². The van der Waals surface area contributed by atoms with Crippen LogP contribution in [0.1, 0.15) is 26.3 Å². The number of carboxylic acids is 1. The van der Waals surface area contributed by atoms with E-state index in [-0.39, 0.29) is 6.54 Å². The maximum atomic E-state index is 12.2. The monoisotopic (exact) mass is 329 g/mol. The van der Waals surface area contributed by atoms with E-state index in [1.54, 1.807) is 25.1 Å². The summed E-state index contributed by atoms with van der Waals surface area (Å²) >= 11 is 11.9. The minimum Gasteiger partial charge on any atom is -0.480 e. The molecule has 0 aromatic heterocycles. The molecule has 0 saturated heterocycles. The number of likely N-dealkylation sites (N-methyl/N-ethyl adjacent to an activating group) is 1. The van der Waals surface area contributed by atoms with E-state index < -0.39 is 17.4 Å². The lowest BCUT2D eigenvalue weighted by atomic mass is 10.0. The van der Waals surface area contributed by atoms with Crippen LogP contribution in [-0.4, -0.2) is 34.0 Å². The highest BCUT2D eigenvalue weighted by atomic mass is 35.5. The van der Waals surface area contributed by atoms with Crippen LogP contribution in [0.5, 0.6) is 0 Å². The highest BCUT2D eigenvalue weighted by Crippen LogP contribution is 2.22. The molecule has 1 N–H and O–H groups in total. The zero-order valence-electron chi connectivity index (χ0n) is 12.1. The summed E-state index contributed by atoms with van der Waals surface area (Å²) in [6.07, 6.45) is 2.82. The Labute approximate surface area is 134 Å². The van der Waals surface area contributed by atoms with Crippen molar-refractivity contribution < 1.29 is 14.7 Å². The van der Waals surface area contributed by atoms with Crippen molar-refractivity contribution in [3.05, 3.63) is 39.9 Å². The predicted molar refractivity (Wildman–Crippen MR) is 84.6 cm³/mol. The fourth-order valence-electron chi connectivity index (χ4n) is 1.84. The van der Waals surface area contributed by atoms with Crippen LogP contribution < -0.4 is 0 Å². The van der Waals surface area contributed by atoms with Gasteiger partial charge >= 0.3 is 5.97 Å². The van der Waals surface area contributed by atoms with Crippen LogP contribution in [0.15, 0.2) is 24.3 Å². The first-order valence-corrected chi connectivity index (χ1v) is 7.14. The Morgan fingerprint density at radius 2 is 1.95 bits per heavy atom. The Bertz CT molecular complexity index is 582.